The molecule has 0 radical (unpaired) electrons. The Bertz CT molecular complexity index is 814. The van der Waals surface area contributed by atoms with Crippen molar-refractivity contribution in [1.82, 2.24) is 24.6 Å². The third-order valence-corrected chi connectivity index (χ3v) is 6.40. The second-order valence-corrected chi connectivity index (χ2v) is 8.63. The van der Waals surface area contributed by atoms with Gasteiger partial charge in [0.15, 0.2) is 5.16 Å². The zero-order valence-corrected chi connectivity index (χ0v) is 17.0. The zero-order chi connectivity index (χ0) is 18.8. The highest BCUT2D eigenvalue weighted by Gasteiger charge is 2.29. The number of thioether (sulfide) groups is 1. The largest absolute Gasteiger partial charge is 0.339 e. The minimum atomic E-state index is 0.179. The van der Waals surface area contributed by atoms with E-state index in [4.69, 9.17) is 11.6 Å². The van der Waals surface area contributed by atoms with Gasteiger partial charge in [0.2, 0.25) is 5.91 Å². The number of hydrogen-bond acceptors (Lipinski definition) is 5. The fourth-order valence-electron chi connectivity index (χ4n) is 3.42. The van der Waals surface area contributed by atoms with Gasteiger partial charge in [-0.05, 0) is 30.5 Å². The van der Waals surface area contributed by atoms with Crippen molar-refractivity contribution in [3.63, 3.8) is 0 Å². The highest BCUT2D eigenvalue weighted by molar-refractivity contribution is 7.99. The molecule has 2 fully saturated rings. The minimum absolute atomic E-state index is 0.179. The molecule has 1 amide bonds. The van der Waals surface area contributed by atoms with Crippen molar-refractivity contribution in [3.05, 3.63) is 40.7 Å². The fraction of sp³-hybridized carbons (Fsp3) is 0.526. The van der Waals surface area contributed by atoms with E-state index < -0.39 is 0 Å². The predicted octanol–water partition coefficient (Wildman–Crippen LogP) is 2.78. The van der Waals surface area contributed by atoms with E-state index in [1.807, 2.05) is 34.7 Å². The Labute approximate surface area is 168 Å². The first-order chi connectivity index (χ1) is 13.1. The Morgan fingerprint density at radius 2 is 2.00 bits per heavy atom. The summed E-state index contributed by atoms with van der Waals surface area (Å²) in [5, 5.41) is 10.1. The molecule has 1 aliphatic carbocycles. The average molecular weight is 406 g/mol. The Balaban J connectivity index is 1.24. The summed E-state index contributed by atoms with van der Waals surface area (Å²) in [5.41, 5.74) is 1.21. The number of benzene rings is 1. The molecule has 1 saturated carbocycles. The SMILES string of the molecule is Cn1c(SCC(=O)N2CCN(Cc3cccc(Cl)c3)CC2)nnc1C1CC1. The average Bonchev–Trinajstić information content (AvgIpc) is 3.44. The van der Waals surface area contributed by atoms with E-state index in [2.05, 4.69) is 21.2 Å². The molecule has 0 atom stereocenters. The third-order valence-electron chi connectivity index (χ3n) is 5.16. The molecular formula is C19H24ClN5OS. The molecule has 2 aliphatic rings. The summed E-state index contributed by atoms with van der Waals surface area (Å²) in [5.74, 6) is 2.23. The smallest absolute Gasteiger partial charge is 0.233 e. The van der Waals surface area contributed by atoms with Crippen molar-refractivity contribution in [2.75, 3.05) is 31.9 Å². The van der Waals surface area contributed by atoms with Gasteiger partial charge in [-0.1, -0.05) is 35.5 Å². The number of carbonyl (C=O) groups is 1. The van der Waals surface area contributed by atoms with E-state index in [1.54, 1.807) is 0 Å². The van der Waals surface area contributed by atoms with Crippen molar-refractivity contribution in [3.8, 4) is 0 Å². The van der Waals surface area contributed by atoms with E-state index >= 15 is 0 Å². The first-order valence-electron chi connectivity index (χ1n) is 9.37. The molecule has 1 aliphatic heterocycles. The summed E-state index contributed by atoms with van der Waals surface area (Å²) < 4.78 is 2.04. The van der Waals surface area contributed by atoms with Crippen LogP contribution in [0, 0.1) is 0 Å². The molecule has 4 rings (SSSR count). The summed E-state index contributed by atoms with van der Waals surface area (Å²) >= 11 is 7.55. The molecule has 6 nitrogen and oxygen atoms in total. The van der Waals surface area contributed by atoms with Gasteiger partial charge in [-0.2, -0.15) is 0 Å². The van der Waals surface area contributed by atoms with Crippen LogP contribution in [0.4, 0.5) is 0 Å². The van der Waals surface area contributed by atoms with Crippen LogP contribution in [0.1, 0.15) is 30.1 Å². The summed E-state index contributed by atoms with van der Waals surface area (Å²) in [4.78, 5) is 16.9. The summed E-state index contributed by atoms with van der Waals surface area (Å²) in [7, 11) is 2.00. The zero-order valence-electron chi connectivity index (χ0n) is 15.5. The van der Waals surface area contributed by atoms with Crippen LogP contribution in [0.25, 0.3) is 0 Å². The second-order valence-electron chi connectivity index (χ2n) is 7.25. The molecule has 0 unspecified atom stereocenters. The molecule has 8 heteroatoms. The number of rotatable bonds is 6. The lowest BCUT2D eigenvalue weighted by molar-refractivity contribution is -0.130. The van der Waals surface area contributed by atoms with Gasteiger partial charge in [0.05, 0.1) is 5.75 Å². The molecule has 27 heavy (non-hydrogen) atoms. The molecule has 1 aromatic heterocycles. The van der Waals surface area contributed by atoms with Crippen molar-refractivity contribution in [2.45, 2.75) is 30.5 Å². The highest BCUT2D eigenvalue weighted by Crippen LogP contribution is 2.39. The predicted molar refractivity (Wildman–Crippen MR) is 107 cm³/mol. The summed E-state index contributed by atoms with van der Waals surface area (Å²) in [6.07, 6.45) is 2.41. The molecule has 144 valence electrons. The first-order valence-corrected chi connectivity index (χ1v) is 10.7. The number of aromatic nitrogens is 3. The molecule has 1 saturated heterocycles. The van der Waals surface area contributed by atoms with E-state index in [9.17, 15) is 4.79 Å². The Morgan fingerprint density at radius 3 is 2.70 bits per heavy atom. The molecule has 2 aromatic rings. The topological polar surface area (TPSA) is 54.3 Å². The van der Waals surface area contributed by atoms with Gasteiger partial charge in [0.25, 0.3) is 0 Å². The molecule has 2 heterocycles. The van der Waals surface area contributed by atoms with Crippen LogP contribution < -0.4 is 0 Å². The van der Waals surface area contributed by atoms with Gasteiger partial charge in [-0.15, -0.1) is 10.2 Å². The molecular weight excluding hydrogens is 382 g/mol. The number of piperazine rings is 1. The maximum atomic E-state index is 12.6. The van der Waals surface area contributed by atoms with Crippen LogP contribution >= 0.6 is 23.4 Å². The third kappa shape index (κ3) is 4.65. The monoisotopic (exact) mass is 405 g/mol. The lowest BCUT2D eigenvalue weighted by Gasteiger charge is -2.34. The lowest BCUT2D eigenvalue weighted by atomic mass is 10.2. The van der Waals surface area contributed by atoms with Gasteiger partial charge in [-0.3, -0.25) is 9.69 Å². The number of halogens is 1. The number of nitrogens with zero attached hydrogens (tertiary/aromatic N) is 5. The van der Waals surface area contributed by atoms with Crippen LogP contribution in [-0.2, 0) is 18.4 Å². The second kappa shape index (κ2) is 8.20. The van der Waals surface area contributed by atoms with Crippen LogP contribution in [0.3, 0.4) is 0 Å². The fourth-order valence-corrected chi connectivity index (χ4v) is 4.45. The molecule has 0 bridgehead atoms. The van der Waals surface area contributed by atoms with Crippen molar-refractivity contribution >= 4 is 29.3 Å². The maximum Gasteiger partial charge on any atom is 0.233 e. The lowest BCUT2D eigenvalue weighted by Crippen LogP contribution is -2.48. The van der Waals surface area contributed by atoms with Gasteiger partial charge in [0, 0.05) is 50.7 Å². The van der Waals surface area contributed by atoms with E-state index in [1.165, 1.54) is 30.2 Å². The minimum Gasteiger partial charge on any atom is -0.339 e. The van der Waals surface area contributed by atoms with Crippen LogP contribution in [0.2, 0.25) is 5.02 Å². The maximum absolute atomic E-state index is 12.6. The van der Waals surface area contributed by atoms with Gasteiger partial charge >= 0.3 is 0 Å². The Hall–Kier alpha value is -1.57. The standard InChI is InChI=1S/C19H24ClN5OS/c1-23-18(15-5-6-15)21-22-19(23)27-13-17(26)25-9-7-24(8-10-25)12-14-3-2-4-16(20)11-14/h2-4,11,15H,5-10,12-13H2,1H3. The Morgan fingerprint density at radius 1 is 1.22 bits per heavy atom. The van der Waals surface area contributed by atoms with Crippen LogP contribution in [0.5, 0.6) is 0 Å². The normalized spacial score (nSPS) is 18.1. The number of carbonyl (C=O) groups excluding carboxylic acids is 1. The highest BCUT2D eigenvalue weighted by atomic mass is 35.5. The van der Waals surface area contributed by atoms with Crippen LogP contribution in [0.15, 0.2) is 29.4 Å². The first kappa shape index (κ1) is 18.8. The molecule has 0 N–H and O–H groups in total. The van der Waals surface area contributed by atoms with Gasteiger partial charge in [-0.25, -0.2) is 0 Å². The Kier molecular flexibility index (Phi) is 5.71. The molecule has 0 spiro atoms. The quantitative estimate of drug-likeness (QED) is 0.692. The van der Waals surface area contributed by atoms with Gasteiger partial charge in [0.1, 0.15) is 5.82 Å². The van der Waals surface area contributed by atoms with Crippen molar-refractivity contribution in [2.24, 2.45) is 7.05 Å². The summed E-state index contributed by atoms with van der Waals surface area (Å²) in [6.45, 7) is 4.19. The number of amides is 1. The van der Waals surface area contributed by atoms with E-state index in [-0.39, 0.29) is 5.91 Å². The van der Waals surface area contributed by atoms with Crippen molar-refractivity contribution < 1.29 is 4.79 Å². The van der Waals surface area contributed by atoms with E-state index in [0.717, 1.165) is 48.7 Å². The molecule has 1 aromatic carbocycles. The van der Waals surface area contributed by atoms with Gasteiger partial charge < -0.3 is 9.47 Å². The summed E-state index contributed by atoms with van der Waals surface area (Å²) in [6, 6.07) is 7.98. The van der Waals surface area contributed by atoms with E-state index in [0.29, 0.717) is 11.7 Å². The van der Waals surface area contributed by atoms with Crippen molar-refractivity contribution in [1.29, 1.82) is 0 Å². The number of hydrogen-bond donors (Lipinski definition) is 0. The van der Waals surface area contributed by atoms with Crippen LogP contribution in [-0.4, -0.2) is 62.4 Å².